The molecular weight excluding hydrogens is 301 g/mol. The molecule has 1 fully saturated rings. The number of halogens is 1. The number of carbonyl (C=O) groups excluding carboxylic acids is 2. The fourth-order valence-corrected chi connectivity index (χ4v) is 2.32. The number of imidazole rings is 1. The zero-order chi connectivity index (χ0) is 16.6. The van der Waals surface area contributed by atoms with E-state index >= 15 is 0 Å². The maximum Gasteiger partial charge on any atom is 0.251 e. The van der Waals surface area contributed by atoms with Crippen molar-refractivity contribution in [3.05, 3.63) is 35.5 Å². The zero-order valence-corrected chi connectivity index (χ0v) is 12.2. The van der Waals surface area contributed by atoms with Gasteiger partial charge in [-0.25, -0.2) is 9.37 Å². The second kappa shape index (κ2) is 5.71. The first-order valence-corrected chi connectivity index (χ1v) is 7.17. The van der Waals surface area contributed by atoms with E-state index in [4.69, 9.17) is 11.5 Å². The van der Waals surface area contributed by atoms with E-state index in [9.17, 15) is 14.0 Å². The molecule has 6 N–H and O–H groups in total. The van der Waals surface area contributed by atoms with Crippen LogP contribution in [0.25, 0.3) is 16.6 Å². The van der Waals surface area contributed by atoms with E-state index in [1.165, 1.54) is 12.3 Å². The lowest BCUT2D eigenvalue weighted by Gasteiger charge is -2.05. The van der Waals surface area contributed by atoms with Crippen molar-refractivity contribution in [2.75, 3.05) is 6.54 Å². The third-order valence-corrected chi connectivity index (χ3v) is 3.72. The standard InChI is InChI=1S/C15H16FN5O2/c16-9-3-10(13(18)22)12-11(4-9)20-14(21-12)8(5-17)6-19-15(23)7-1-2-7/h3-5,7H,1-2,6,17H2,(H2,18,22)(H,19,23)(H,20,21). The molecule has 8 heteroatoms. The van der Waals surface area contributed by atoms with Crippen molar-refractivity contribution in [3.8, 4) is 0 Å². The minimum atomic E-state index is -0.770. The van der Waals surface area contributed by atoms with E-state index in [1.807, 2.05) is 0 Å². The first-order valence-electron chi connectivity index (χ1n) is 7.17. The molecule has 1 aliphatic carbocycles. The average Bonchev–Trinajstić information content (AvgIpc) is 3.27. The summed E-state index contributed by atoms with van der Waals surface area (Å²) in [7, 11) is 0. The first kappa shape index (κ1) is 15.0. The van der Waals surface area contributed by atoms with E-state index in [1.54, 1.807) is 0 Å². The lowest BCUT2D eigenvalue weighted by atomic mass is 10.1. The molecule has 0 radical (unpaired) electrons. The van der Waals surface area contributed by atoms with Gasteiger partial charge < -0.3 is 21.8 Å². The van der Waals surface area contributed by atoms with Crippen molar-refractivity contribution in [1.82, 2.24) is 15.3 Å². The molecule has 1 heterocycles. The van der Waals surface area contributed by atoms with Gasteiger partial charge in [0.1, 0.15) is 17.2 Å². The molecule has 0 bridgehead atoms. The minimum Gasteiger partial charge on any atom is -0.404 e. The summed E-state index contributed by atoms with van der Waals surface area (Å²) >= 11 is 0. The smallest absolute Gasteiger partial charge is 0.251 e. The Balaban J connectivity index is 1.90. The molecule has 1 aromatic heterocycles. The van der Waals surface area contributed by atoms with E-state index in [2.05, 4.69) is 15.3 Å². The predicted molar refractivity (Wildman–Crippen MR) is 82.5 cm³/mol. The van der Waals surface area contributed by atoms with Gasteiger partial charge in [-0.2, -0.15) is 0 Å². The van der Waals surface area contributed by atoms with Gasteiger partial charge in [0.2, 0.25) is 5.91 Å². The van der Waals surface area contributed by atoms with Gasteiger partial charge in [0, 0.05) is 24.2 Å². The number of primary amides is 1. The molecule has 3 rings (SSSR count). The Morgan fingerprint density at radius 3 is 2.78 bits per heavy atom. The average molecular weight is 317 g/mol. The molecule has 2 amide bonds. The molecule has 0 spiro atoms. The summed E-state index contributed by atoms with van der Waals surface area (Å²) in [6.07, 6.45) is 3.12. The monoisotopic (exact) mass is 317 g/mol. The minimum absolute atomic E-state index is 0.0131. The Labute approximate surface area is 130 Å². The number of nitrogens with zero attached hydrogens (tertiary/aromatic N) is 1. The van der Waals surface area contributed by atoms with Crippen LogP contribution in [0, 0.1) is 11.7 Å². The number of hydrogen-bond donors (Lipinski definition) is 4. The van der Waals surface area contributed by atoms with Crippen LogP contribution in [-0.4, -0.2) is 28.3 Å². The Hall–Kier alpha value is -2.90. The fourth-order valence-electron chi connectivity index (χ4n) is 2.32. The molecule has 0 aliphatic heterocycles. The summed E-state index contributed by atoms with van der Waals surface area (Å²) in [5, 5.41) is 2.77. The van der Waals surface area contributed by atoms with Crippen molar-refractivity contribution < 1.29 is 14.0 Å². The Bertz CT molecular complexity index is 823. The highest BCUT2D eigenvalue weighted by Crippen LogP contribution is 2.29. The number of nitrogens with two attached hydrogens (primary N) is 2. The van der Waals surface area contributed by atoms with Crippen LogP contribution in [0.15, 0.2) is 18.3 Å². The van der Waals surface area contributed by atoms with Crippen LogP contribution in [0.4, 0.5) is 4.39 Å². The number of aromatic amines is 1. The molecule has 0 unspecified atom stereocenters. The highest BCUT2D eigenvalue weighted by Gasteiger charge is 2.29. The Kier molecular flexibility index (Phi) is 3.73. The molecule has 2 aromatic rings. The van der Waals surface area contributed by atoms with Gasteiger partial charge in [-0.1, -0.05) is 0 Å². The molecule has 23 heavy (non-hydrogen) atoms. The van der Waals surface area contributed by atoms with Gasteiger partial charge in [0.25, 0.3) is 5.91 Å². The second-order valence-corrected chi connectivity index (χ2v) is 5.48. The number of fused-ring (bicyclic) bond motifs is 1. The second-order valence-electron chi connectivity index (χ2n) is 5.48. The Morgan fingerprint density at radius 1 is 1.43 bits per heavy atom. The topological polar surface area (TPSA) is 127 Å². The first-order chi connectivity index (χ1) is 11.0. The number of rotatable bonds is 5. The van der Waals surface area contributed by atoms with E-state index in [0.717, 1.165) is 18.9 Å². The summed E-state index contributed by atoms with van der Waals surface area (Å²) in [4.78, 5) is 30.3. The number of hydrogen-bond acceptors (Lipinski definition) is 4. The van der Waals surface area contributed by atoms with Crippen LogP contribution in [0.5, 0.6) is 0 Å². The van der Waals surface area contributed by atoms with Crippen molar-refractivity contribution in [2.45, 2.75) is 12.8 Å². The van der Waals surface area contributed by atoms with Crippen molar-refractivity contribution in [3.63, 3.8) is 0 Å². The molecule has 0 atom stereocenters. The molecule has 120 valence electrons. The summed E-state index contributed by atoms with van der Waals surface area (Å²) in [5.41, 5.74) is 12.0. The third kappa shape index (κ3) is 3.01. The molecular formula is C15H16FN5O2. The molecule has 7 nitrogen and oxygen atoms in total. The predicted octanol–water partition coefficient (Wildman–Crippen LogP) is 0.627. The lowest BCUT2D eigenvalue weighted by Crippen LogP contribution is -2.27. The highest BCUT2D eigenvalue weighted by molar-refractivity contribution is 6.04. The van der Waals surface area contributed by atoms with E-state index in [-0.39, 0.29) is 29.4 Å². The number of amides is 2. The van der Waals surface area contributed by atoms with E-state index < -0.39 is 11.7 Å². The summed E-state index contributed by atoms with van der Waals surface area (Å²) in [6.45, 7) is 0.194. The number of H-pyrrole nitrogens is 1. The number of nitrogens with one attached hydrogen (secondary N) is 2. The van der Waals surface area contributed by atoms with Crippen LogP contribution in [-0.2, 0) is 4.79 Å². The van der Waals surface area contributed by atoms with Gasteiger partial charge in [-0.3, -0.25) is 9.59 Å². The summed E-state index contributed by atoms with van der Waals surface area (Å²) in [5.74, 6) is -0.953. The van der Waals surface area contributed by atoms with Gasteiger partial charge in [-0.05, 0) is 25.0 Å². The third-order valence-electron chi connectivity index (χ3n) is 3.72. The number of benzene rings is 1. The van der Waals surface area contributed by atoms with Crippen LogP contribution < -0.4 is 16.8 Å². The van der Waals surface area contributed by atoms with Gasteiger partial charge in [-0.15, -0.1) is 0 Å². The lowest BCUT2D eigenvalue weighted by molar-refractivity contribution is -0.122. The summed E-state index contributed by atoms with van der Waals surface area (Å²) in [6, 6.07) is 2.26. The van der Waals surface area contributed by atoms with Gasteiger partial charge in [0.15, 0.2) is 0 Å². The molecule has 1 aromatic carbocycles. The van der Waals surface area contributed by atoms with Crippen LogP contribution in [0.2, 0.25) is 0 Å². The zero-order valence-electron chi connectivity index (χ0n) is 12.2. The molecule has 0 saturated heterocycles. The maximum atomic E-state index is 13.5. The number of carbonyl (C=O) groups is 2. The molecule has 1 saturated carbocycles. The summed E-state index contributed by atoms with van der Waals surface area (Å²) < 4.78 is 13.5. The van der Waals surface area contributed by atoms with Crippen molar-refractivity contribution in [2.24, 2.45) is 17.4 Å². The van der Waals surface area contributed by atoms with Gasteiger partial charge >= 0.3 is 0 Å². The quantitative estimate of drug-likeness (QED) is 0.645. The van der Waals surface area contributed by atoms with Crippen molar-refractivity contribution >= 4 is 28.4 Å². The largest absolute Gasteiger partial charge is 0.404 e. The molecule has 1 aliphatic rings. The Morgan fingerprint density at radius 2 is 2.17 bits per heavy atom. The van der Waals surface area contributed by atoms with Crippen molar-refractivity contribution in [1.29, 1.82) is 0 Å². The van der Waals surface area contributed by atoms with Crippen LogP contribution in [0.1, 0.15) is 29.0 Å². The highest BCUT2D eigenvalue weighted by atomic mass is 19.1. The number of aromatic nitrogens is 2. The van der Waals surface area contributed by atoms with Gasteiger partial charge in [0.05, 0.1) is 11.1 Å². The van der Waals surface area contributed by atoms with Crippen LogP contribution >= 0.6 is 0 Å². The van der Waals surface area contributed by atoms with E-state index in [0.29, 0.717) is 16.9 Å². The SMILES string of the molecule is NC=C(CNC(=O)C1CC1)c1nc2c(C(N)=O)cc(F)cc2[nH]1. The fraction of sp³-hybridized carbons (Fsp3) is 0.267. The van der Waals surface area contributed by atoms with Crippen LogP contribution in [0.3, 0.4) is 0 Å². The maximum absolute atomic E-state index is 13.5. The normalized spacial score (nSPS) is 14.9.